The number of hydrogen-bond acceptors (Lipinski definition) is 5. The van der Waals surface area contributed by atoms with Crippen molar-refractivity contribution in [1.29, 1.82) is 0 Å². The van der Waals surface area contributed by atoms with Gasteiger partial charge in [-0.15, -0.1) is 0 Å². The topological polar surface area (TPSA) is 65.7 Å². The Morgan fingerprint density at radius 1 is 1.10 bits per heavy atom. The number of allylic oxidation sites excluding steroid dienone is 1. The van der Waals surface area contributed by atoms with Gasteiger partial charge in [0.1, 0.15) is 11.6 Å². The van der Waals surface area contributed by atoms with Crippen LogP contribution in [0.5, 0.6) is 0 Å². The minimum atomic E-state index is -1.06. The molecule has 4 N–H and O–H groups in total. The molecule has 0 radical (unpaired) electrons. The number of aliphatic imine (C=N–C) groups is 1. The lowest BCUT2D eigenvalue weighted by atomic mass is 9.99. The van der Waals surface area contributed by atoms with Crippen molar-refractivity contribution in [1.82, 2.24) is 15.5 Å². The molecule has 0 aromatic heterocycles. The summed E-state index contributed by atoms with van der Waals surface area (Å²) in [5.41, 5.74) is 9.11. The molecule has 0 amide bonds. The van der Waals surface area contributed by atoms with Crippen LogP contribution in [0.1, 0.15) is 24.8 Å². The van der Waals surface area contributed by atoms with Crippen LogP contribution in [0.4, 0.5) is 4.39 Å². The van der Waals surface area contributed by atoms with E-state index in [4.69, 9.17) is 5.73 Å². The van der Waals surface area contributed by atoms with Gasteiger partial charge in [-0.3, -0.25) is 5.73 Å². The molecule has 152 valence electrons. The van der Waals surface area contributed by atoms with Gasteiger partial charge in [-0.05, 0) is 74.3 Å². The van der Waals surface area contributed by atoms with Gasteiger partial charge in [0, 0.05) is 18.3 Å². The molecule has 2 aliphatic heterocycles. The first-order valence-electron chi connectivity index (χ1n) is 10.3. The number of rotatable bonds is 7. The molecule has 2 aliphatic rings. The molecule has 1 atom stereocenters. The molecule has 0 bridgehead atoms. The molecule has 4 rings (SSSR count). The van der Waals surface area contributed by atoms with Crippen molar-refractivity contribution in [2.45, 2.75) is 25.0 Å². The maximum atomic E-state index is 13.6. The average Bonchev–Trinajstić information content (AvgIpc) is 3.25. The zero-order valence-corrected chi connectivity index (χ0v) is 16.6. The zero-order valence-electron chi connectivity index (χ0n) is 16.6. The second-order valence-electron chi connectivity index (χ2n) is 7.67. The number of benzene rings is 2. The van der Waals surface area contributed by atoms with E-state index in [0.717, 1.165) is 42.0 Å². The minimum Gasteiger partial charge on any atom is -0.372 e. The molecule has 2 aromatic rings. The van der Waals surface area contributed by atoms with Gasteiger partial charge in [-0.25, -0.2) is 9.38 Å². The summed E-state index contributed by atoms with van der Waals surface area (Å²) in [5.74, 6) is -0.456. The van der Waals surface area contributed by atoms with Crippen molar-refractivity contribution in [3.05, 3.63) is 71.8 Å². The third kappa shape index (κ3) is 4.83. The summed E-state index contributed by atoms with van der Waals surface area (Å²) in [5, 5.41) is 6.73. The van der Waals surface area contributed by atoms with E-state index >= 15 is 0 Å². The molecule has 1 fully saturated rings. The van der Waals surface area contributed by atoms with E-state index in [1.165, 1.54) is 38.1 Å². The Hall–Kier alpha value is -2.70. The molecular weight excluding hydrogens is 365 g/mol. The summed E-state index contributed by atoms with van der Waals surface area (Å²) in [6.07, 6.45) is 7.36. The standard InChI is InChI=1S/C23H28FN5/c24-21-9-4-7-19(17-21)18-6-3-8-20(16-18)23(25)27-12-10-22(28-23)26-11-5-15-29-13-1-2-14-29/h3-4,6-10,12,16-17,26,28H,1-2,5,11,13-15,25H2. The van der Waals surface area contributed by atoms with Crippen LogP contribution in [0.3, 0.4) is 0 Å². The fourth-order valence-electron chi connectivity index (χ4n) is 3.89. The molecule has 0 spiro atoms. The Morgan fingerprint density at radius 3 is 2.66 bits per heavy atom. The maximum absolute atomic E-state index is 13.6. The largest absolute Gasteiger partial charge is 0.372 e. The number of nitrogens with two attached hydrogens (primary N) is 1. The summed E-state index contributed by atoms with van der Waals surface area (Å²) in [4.78, 5) is 6.98. The van der Waals surface area contributed by atoms with Crippen molar-refractivity contribution >= 4 is 6.21 Å². The predicted molar refractivity (Wildman–Crippen MR) is 116 cm³/mol. The number of nitrogens with one attached hydrogen (secondary N) is 2. The third-order valence-electron chi connectivity index (χ3n) is 5.47. The molecule has 2 heterocycles. The van der Waals surface area contributed by atoms with Gasteiger partial charge in [0.15, 0.2) is 0 Å². The summed E-state index contributed by atoms with van der Waals surface area (Å²) in [6.45, 7) is 4.45. The number of likely N-dealkylation sites (tertiary alicyclic amines) is 1. The minimum absolute atomic E-state index is 0.257. The van der Waals surface area contributed by atoms with Crippen molar-refractivity contribution < 1.29 is 4.39 Å². The molecule has 0 saturated carbocycles. The van der Waals surface area contributed by atoms with Crippen molar-refractivity contribution in [2.24, 2.45) is 10.7 Å². The van der Waals surface area contributed by atoms with Crippen LogP contribution in [0.2, 0.25) is 0 Å². The van der Waals surface area contributed by atoms with Crippen LogP contribution in [-0.2, 0) is 5.79 Å². The number of nitrogens with zero attached hydrogens (tertiary/aromatic N) is 2. The van der Waals surface area contributed by atoms with Crippen LogP contribution in [0.15, 0.2) is 65.4 Å². The molecule has 29 heavy (non-hydrogen) atoms. The van der Waals surface area contributed by atoms with Gasteiger partial charge < -0.3 is 15.5 Å². The average molecular weight is 394 g/mol. The van der Waals surface area contributed by atoms with E-state index in [1.54, 1.807) is 12.3 Å². The molecule has 5 nitrogen and oxygen atoms in total. The molecule has 0 aliphatic carbocycles. The number of halogens is 1. The highest BCUT2D eigenvalue weighted by atomic mass is 19.1. The molecule has 1 unspecified atom stereocenters. The van der Waals surface area contributed by atoms with Crippen LogP contribution in [-0.4, -0.2) is 37.3 Å². The fourth-order valence-corrected chi connectivity index (χ4v) is 3.89. The first-order chi connectivity index (χ1) is 14.1. The predicted octanol–water partition coefficient (Wildman–Crippen LogP) is 3.15. The first-order valence-corrected chi connectivity index (χ1v) is 10.3. The zero-order chi connectivity index (χ0) is 20.1. The highest BCUT2D eigenvalue weighted by molar-refractivity contribution is 5.74. The van der Waals surface area contributed by atoms with Crippen LogP contribution < -0.4 is 16.4 Å². The van der Waals surface area contributed by atoms with Gasteiger partial charge in [-0.1, -0.05) is 30.3 Å². The Balaban J connectivity index is 1.40. The van der Waals surface area contributed by atoms with E-state index in [9.17, 15) is 4.39 Å². The summed E-state index contributed by atoms with van der Waals surface area (Å²) >= 11 is 0. The first kappa shape index (κ1) is 19.6. The van der Waals surface area contributed by atoms with E-state index < -0.39 is 5.79 Å². The number of hydrogen-bond donors (Lipinski definition) is 3. The van der Waals surface area contributed by atoms with Crippen molar-refractivity contribution in [3.63, 3.8) is 0 Å². The van der Waals surface area contributed by atoms with Gasteiger partial charge >= 0.3 is 0 Å². The van der Waals surface area contributed by atoms with Crippen molar-refractivity contribution in [2.75, 3.05) is 26.2 Å². The second kappa shape index (κ2) is 8.76. The lowest BCUT2D eigenvalue weighted by Gasteiger charge is -2.32. The van der Waals surface area contributed by atoms with Crippen molar-refractivity contribution in [3.8, 4) is 11.1 Å². The van der Waals surface area contributed by atoms with Gasteiger partial charge in [-0.2, -0.15) is 0 Å². The fraction of sp³-hybridized carbons (Fsp3) is 0.348. The quantitative estimate of drug-likeness (QED) is 0.633. The van der Waals surface area contributed by atoms with E-state index in [0.29, 0.717) is 0 Å². The third-order valence-corrected chi connectivity index (χ3v) is 5.47. The van der Waals surface area contributed by atoms with Crippen LogP contribution in [0.25, 0.3) is 11.1 Å². The lowest BCUT2D eigenvalue weighted by Crippen LogP contribution is -2.52. The Kier molecular flexibility index (Phi) is 5.92. The molecule has 6 heteroatoms. The normalized spacial score (nSPS) is 21.7. The molecule has 2 aromatic carbocycles. The van der Waals surface area contributed by atoms with Crippen LogP contribution >= 0.6 is 0 Å². The van der Waals surface area contributed by atoms with Gasteiger partial charge in [0.2, 0.25) is 5.79 Å². The Bertz CT molecular complexity index is 904. The smallest absolute Gasteiger partial charge is 0.210 e. The van der Waals surface area contributed by atoms with Gasteiger partial charge in [0.25, 0.3) is 0 Å². The monoisotopic (exact) mass is 393 g/mol. The summed E-state index contributed by atoms with van der Waals surface area (Å²) in [7, 11) is 0. The molecular formula is C23H28FN5. The van der Waals surface area contributed by atoms with Crippen LogP contribution in [0, 0.1) is 5.82 Å². The van der Waals surface area contributed by atoms with E-state index in [-0.39, 0.29) is 5.82 Å². The van der Waals surface area contributed by atoms with E-state index in [1.807, 2.05) is 36.4 Å². The summed E-state index contributed by atoms with van der Waals surface area (Å²) in [6, 6.07) is 14.3. The highest BCUT2D eigenvalue weighted by Gasteiger charge is 2.28. The second-order valence-corrected chi connectivity index (χ2v) is 7.67. The molecule has 1 saturated heterocycles. The highest BCUT2D eigenvalue weighted by Crippen LogP contribution is 2.26. The lowest BCUT2D eigenvalue weighted by molar-refractivity contribution is 0.329. The Morgan fingerprint density at radius 2 is 1.86 bits per heavy atom. The van der Waals surface area contributed by atoms with Gasteiger partial charge in [0.05, 0.1) is 0 Å². The SMILES string of the molecule is NC1(c2cccc(-c3cccc(F)c3)c2)N=CC=C(NCCCN2CCCC2)N1. The Labute approximate surface area is 171 Å². The van der Waals surface area contributed by atoms with E-state index in [2.05, 4.69) is 20.5 Å². The summed E-state index contributed by atoms with van der Waals surface area (Å²) < 4.78 is 13.6. The maximum Gasteiger partial charge on any atom is 0.210 e.